The Balaban J connectivity index is 2.08. The fraction of sp³-hybridized carbons (Fsp3) is 0.200. The normalized spacial score (nSPS) is 10.3. The third-order valence-electron chi connectivity index (χ3n) is 2.89. The first-order chi connectivity index (χ1) is 9.24. The Morgan fingerprint density at radius 3 is 2.68 bits per heavy atom. The predicted octanol–water partition coefficient (Wildman–Crippen LogP) is 3.56. The fourth-order valence-corrected chi connectivity index (χ4v) is 2.44. The lowest BCUT2D eigenvalue weighted by molar-refractivity contribution is 0.282. The van der Waals surface area contributed by atoms with E-state index in [-0.39, 0.29) is 6.61 Å². The molecule has 0 aromatic heterocycles. The second-order valence-corrected chi connectivity index (χ2v) is 4.99. The molecule has 0 radical (unpaired) electrons. The SMILES string of the molecule is COc1ccc(CNc2ccccc2CO)cc1Br. The summed E-state index contributed by atoms with van der Waals surface area (Å²) in [5, 5.41) is 12.6. The molecule has 0 aliphatic carbocycles. The van der Waals surface area contributed by atoms with E-state index < -0.39 is 0 Å². The van der Waals surface area contributed by atoms with Crippen molar-refractivity contribution in [2.45, 2.75) is 13.2 Å². The highest BCUT2D eigenvalue weighted by Crippen LogP contribution is 2.26. The minimum absolute atomic E-state index is 0.0372. The molecule has 0 fully saturated rings. The quantitative estimate of drug-likeness (QED) is 0.884. The molecule has 0 heterocycles. The van der Waals surface area contributed by atoms with Gasteiger partial charge in [0.15, 0.2) is 0 Å². The fourth-order valence-electron chi connectivity index (χ4n) is 1.85. The van der Waals surface area contributed by atoms with E-state index in [2.05, 4.69) is 21.2 Å². The van der Waals surface area contributed by atoms with Crippen LogP contribution in [-0.4, -0.2) is 12.2 Å². The Bertz CT molecular complexity index is 558. The van der Waals surface area contributed by atoms with Gasteiger partial charge in [0, 0.05) is 17.8 Å². The maximum Gasteiger partial charge on any atom is 0.133 e. The van der Waals surface area contributed by atoms with Gasteiger partial charge in [-0.2, -0.15) is 0 Å². The molecule has 2 aromatic rings. The lowest BCUT2D eigenvalue weighted by Crippen LogP contribution is -2.02. The minimum Gasteiger partial charge on any atom is -0.496 e. The summed E-state index contributed by atoms with van der Waals surface area (Å²) in [6.45, 7) is 0.731. The van der Waals surface area contributed by atoms with E-state index in [1.165, 1.54) is 0 Å². The first-order valence-corrected chi connectivity index (χ1v) is 6.79. The van der Waals surface area contributed by atoms with Crippen molar-refractivity contribution in [2.75, 3.05) is 12.4 Å². The molecule has 2 aromatic carbocycles. The summed E-state index contributed by atoms with van der Waals surface area (Å²) >= 11 is 3.47. The Labute approximate surface area is 121 Å². The Morgan fingerprint density at radius 2 is 2.00 bits per heavy atom. The van der Waals surface area contributed by atoms with Crippen LogP contribution in [0.2, 0.25) is 0 Å². The molecular weight excluding hydrogens is 306 g/mol. The number of hydrogen-bond acceptors (Lipinski definition) is 3. The van der Waals surface area contributed by atoms with Crippen molar-refractivity contribution < 1.29 is 9.84 Å². The molecule has 100 valence electrons. The van der Waals surface area contributed by atoms with Gasteiger partial charge in [0.1, 0.15) is 5.75 Å². The van der Waals surface area contributed by atoms with Crippen molar-refractivity contribution >= 4 is 21.6 Å². The number of aliphatic hydroxyl groups is 1. The van der Waals surface area contributed by atoms with Gasteiger partial charge in [0.05, 0.1) is 18.2 Å². The maximum absolute atomic E-state index is 9.26. The van der Waals surface area contributed by atoms with Crippen LogP contribution in [0.15, 0.2) is 46.9 Å². The number of hydrogen-bond donors (Lipinski definition) is 2. The van der Waals surface area contributed by atoms with Gasteiger partial charge in [0.25, 0.3) is 0 Å². The molecule has 0 aliphatic rings. The molecule has 0 saturated heterocycles. The summed E-state index contributed by atoms with van der Waals surface area (Å²) < 4.78 is 6.13. The van der Waals surface area contributed by atoms with E-state index in [0.29, 0.717) is 6.54 Å². The molecule has 19 heavy (non-hydrogen) atoms. The average molecular weight is 322 g/mol. The maximum atomic E-state index is 9.26. The molecule has 0 spiro atoms. The van der Waals surface area contributed by atoms with Crippen LogP contribution in [0.5, 0.6) is 5.75 Å². The standard InChI is InChI=1S/C15H16BrNO2/c1-19-15-7-6-11(8-13(15)16)9-17-14-5-3-2-4-12(14)10-18/h2-8,17-18H,9-10H2,1H3. The number of aliphatic hydroxyl groups excluding tert-OH is 1. The summed E-state index contributed by atoms with van der Waals surface area (Å²) in [5.74, 6) is 0.819. The molecule has 0 unspecified atom stereocenters. The molecule has 0 atom stereocenters. The van der Waals surface area contributed by atoms with E-state index >= 15 is 0 Å². The van der Waals surface area contributed by atoms with Gasteiger partial charge in [-0.05, 0) is 39.7 Å². The van der Waals surface area contributed by atoms with Crippen LogP contribution in [0.4, 0.5) is 5.69 Å². The number of para-hydroxylation sites is 1. The smallest absolute Gasteiger partial charge is 0.133 e. The summed E-state index contributed by atoms with van der Waals surface area (Å²) in [5.41, 5.74) is 2.99. The van der Waals surface area contributed by atoms with E-state index in [4.69, 9.17) is 4.74 Å². The van der Waals surface area contributed by atoms with Crippen LogP contribution in [0, 0.1) is 0 Å². The second-order valence-electron chi connectivity index (χ2n) is 4.14. The molecule has 0 aliphatic heterocycles. The predicted molar refractivity (Wildman–Crippen MR) is 80.4 cm³/mol. The molecule has 0 bridgehead atoms. The van der Waals surface area contributed by atoms with Crippen LogP contribution < -0.4 is 10.1 Å². The Hall–Kier alpha value is -1.52. The van der Waals surface area contributed by atoms with Crippen LogP contribution in [0.25, 0.3) is 0 Å². The number of rotatable bonds is 5. The highest BCUT2D eigenvalue weighted by molar-refractivity contribution is 9.10. The van der Waals surface area contributed by atoms with Crippen molar-refractivity contribution in [2.24, 2.45) is 0 Å². The van der Waals surface area contributed by atoms with E-state index in [1.807, 2.05) is 42.5 Å². The summed E-state index contributed by atoms with van der Waals surface area (Å²) in [6, 6.07) is 13.7. The Kier molecular flexibility index (Phi) is 4.82. The van der Waals surface area contributed by atoms with Crippen molar-refractivity contribution in [3.05, 3.63) is 58.1 Å². The summed E-state index contributed by atoms with van der Waals surface area (Å²) in [7, 11) is 1.65. The molecule has 0 saturated carbocycles. The first kappa shape index (κ1) is 13.9. The van der Waals surface area contributed by atoms with Crippen LogP contribution in [-0.2, 0) is 13.2 Å². The molecular formula is C15H16BrNO2. The number of halogens is 1. The van der Waals surface area contributed by atoms with E-state index in [1.54, 1.807) is 7.11 Å². The average Bonchev–Trinajstić information content (AvgIpc) is 2.45. The summed E-state index contributed by atoms with van der Waals surface area (Å²) in [6.07, 6.45) is 0. The second kappa shape index (κ2) is 6.59. The molecule has 3 nitrogen and oxygen atoms in total. The Morgan fingerprint density at radius 1 is 1.21 bits per heavy atom. The molecule has 2 N–H and O–H groups in total. The highest BCUT2D eigenvalue weighted by Gasteiger charge is 2.03. The highest BCUT2D eigenvalue weighted by atomic mass is 79.9. The number of ether oxygens (including phenoxy) is 1. The zero-order chi connectivity index (χ0) is 13.7. The van der Waals surface area contributed by atoms with Gasteiger partial charge in [-0.1, -0.05) is 24.3 Å². The zero-order valence-electron chi connectivity index (χ0n) is 10.7. The van der Waals surface area contributed by atoms with Gasteiger partial charge >= 0.3 is 0 Å². The van der Waals surface area contributed by atoms with E-state index in [0.717, 1.165) is 27.0 Å². The topological polar surface area (TPSA) is 41.5 Å². The van der Waals surface area contributed by atoms with Gasteiger partial charge in [-0.15, -0.1) is 0 Å². The van der Waals surface area contributed by atoms with Gasteiger partial charge in [0.2, 0.25) is 0 Å². The minimum atomic E-state index is 0.0372. The molecule has 2 rings (SSSR count). The van der Waals surface area contributed by atoms with Crippen molar-refractivity contribution in [1.82, 2.24) is 0 Å². The van der Waals surface area contributed by atoms with Gasteiger partial charge in [-0.25, -0.2) is 0 Å². The third-order valence-corrected chi connectivity index (χ3v) is 3.51. The van der Waals surface area contributed by atoms with Crippen molar-refractivity contribution in [3.63, 3.8) is 0 Å². The van der Waals surface area contributed by atoms with Crippen molar-refractivity contribution in [1.29, 1.82) is 0 Å². The van der Waals surface area contributed by atoms with Crippen LogP contribution >= 0.6 is 15.9 Å². The number of anilines is 1. The molecule has 0 amide bonds. The summed E-state index contributed by atoms with van der Waals surface area (Å²) in [4.78, 5) is 0. The largest absolute Gasteiger partial charge is 0.496 e. The van der Waals surface area contributed by atoms with Gasteiger partial charge in [-0.3, -0.25) is 0 Å². The monoisotopic (exact) mass is 321 g/mol. The number of methoxy groups -OCH3 is 1. The van der Waals surface area contributed by atoms with Crippen LogP contribution in [0.3, 0.4) is 0 Å². The van der Waals surface area contributed by atoms with E-state index in [9.17, 15) is 5.11 Å². The third kappa shape index (κ3) is 3.49. The number of benzene rings is 2. The number of nitrogens with one attached hydrogen (secondary N) is 1. The molecule has 4 heteroatoms. The first-order valence-electron chi connectivity index (χ1n) is 5.99. The zero-order valence-corrected chi connectivity index (χ0v) is 12.3. The lowest BCUT2D eigenvalue weighted by atomic mass is 10.1. The van der Waals surface area contributed by atoms with Crippen molar-refractivity contribution in [3.8, 4) is 5.75 Å². The van der Waals surface area contributed by atoms with Crippen LogP contribution in [0.1, 0.15) is 11.1 Å². The van der Waals surface area contributed by atoms with Gasteiger partial charge < -0.3 is 15.2 Å². The lowest BCUT2D eigenvalue weighted by Gasteiger charge is -2.11.